The molecule has 0 saturated heterocycles. The van der Waals surface area contributed by atoms with Gasteiger partial charge in [-0.1, -0.05) is 0 Å². The molecule has 2 N–H and O–H groups in total. The minimum Gasteiger partial charge on any atom is -0.502 e. The first-order valence-electron chi connectivity index (χ1n) is 3.63. The summed E-state index contributed by atoms with van der Waals surface area (Å²) in [5, 5.41) is 17.9. The molecule has 0 atom stereocenters. The van der Waals surface area contributed by atoms with Crippen molar-refractivity contribution in [2.45, 2.75) is 13.2 Å². The van der Waals surface area contributed by atoms with E-state index in [1.54, 1.807) is 0 Å². The van der Waals surface area contributed by atoms with Gasteiger partial charge in [-0.3, -0.25) is 4.79 Å². The standard InChI is InChI=1S/C8H10O5/c1-12-4-7-8(11)6(10)2-5(3-9)13-7/h2,9,11H,3-4H2,1H3. The molecule has 0 aliphatic carbocycles. The summed E-state index contributed by atoms with van der Waals surface area (Å²) < 4.78 is 9.64. The van der Waals surface area contributed by atoms with Crippen molar-refractivity contribution in [3.8, 4) is 5.75 Å². The maximum Gasteiger partial charge on any atom is 0.227 e. The smallest absolute Gasteiger partial charge is 0.227 e. The van der Waals surface area contributed by atoms with Crippen molar-refractivity contribution < 1.29 is 19.4 Å². The summed E-state index contributed by atoms with van der Waals surface area (Å²) >= 11 is 0. The molecule has 13 heavy (non-hydrogen) atoms. The topological polar surface area (TPSA) is 79.9 Å². The Morgan fingerprint density at radius 3 is 2.85 bits per heavy atom. The van der Waals surface area contributed by atoms with Crippen molar-refractivity contribution in [3.63, 3.8) is 0 Å². The molecule has 0 aromatic carbocycles. The highest BCUT2D eigenvalue weighted by Gasteiger charge is 2.09. The van der Waals surface area contributed by atoms with Crippen LogP contribution in [0.4, 0.5) is 0 Å². The van der Waals surface area contributed by atoms with Crippen LogP contribution in [-0.4, -0.2) is 17.3 Å². The van der Waals surface area contributed by atoms with Gasteiger partial charge in [0.25, 0.3) is 0 Å². The molecular weight excluding hydrogens is 176 g/mol. The van der Waals surface area contributed by atoms with E-state index in [4.69, 9.17) is 9.52 Å². The van der Waals surface area contributed by atoms with E-state index < -0.39 is 11.2 Å². The van der Waals surface area contributed by atoms with E-state index in [2.05, 4.69) is 4.74 Å². The quantitative estimate of drug-likeness (QED) is 0.693. The van der Waals surface area contributed by atoms with Gasteiger partial charge in [0.2, 0.25) is 11.2 Å². The molecule has 5 nitrogen and oxygen atoms in total. The lowest BCUT2D eigenvalue weighted by atomic mass is 10.3. The van der Waals surface area contributed by atoms with E-state index in [1.807, 2.05) is 0 Å². The first-order valence-corrected chi connectivity index (χ1v) is 3.63. The van der Waals surface area contributed by atoms with Gasteiger partial charge in [0, 0.05) is 13.2 Å². The average Bonchev–Trinajstić information content (AvgIpc) is 2.13. The molecule has 5 heteroatoms. The van der Waals surface area contributed by atoms with Crippen molar-refractivity contribution in [2.24, 2.45) is 0 Å². The monoisotopic (exact) mass is 186 g/mol. The van der Waals surface area contributed by atoms with Gasteiger partial charge in [-0.2, -0.15) is 0 Å². The second kappa shape index (κ2) is 4.06. The zero-order chi connectivity index (χ0) is 9.84. The largest absolute Gasteiger partial charge is 0.502 e. The fourth-order valence-corrected chi connectivity index (χ4v) is 0.895. The summed E-state index contributed by atoms with van der Waals surface area (Å²) in [5.74, 6) is -0.340. The van der Waals surface area contributed by atoms with Crippen molar-refractivity contribution in [1.82, 2.24) is 0 Å². The summed E-state index contributed by atoms with van der Waals surface area (Å²) in [4.78, 5) is 11.0. The van der Waals surface area contributed by atoms with E-state index in [0.717, 1.165) is 6.07 Å². The minimum absolute atomic E-state index is 0.00505. The van der Waals surface area contributed by atoms with Crippen molar-refractivity contribution in [3.05, 3.63) is 27.8 Å². The van der Waals surface area contributed by atoms with Crippen LogP contribution in [0.15, 0.2) is 15.3 Å². The summed E-state index contributed by atoms with van der Waals surface area (Å²) in [6.07, 6.45) is 0. The Hall–Kier alpha value is -1.33. The minimum atomic E-state index is -0.581. The van der Waals surface area contributed by atoms with Gasteiger partial charge < -0.3 is 19.4 Å². The molecule has 0 saturated carbocycles. The Labute approximate surface area is 74.2 Å². The van der Waals surface area contributed by atoms with Gasteiger partial charge in [0.05, 0.1) is 0 Å². The maximum absolute atomic E-state index is 11.0. The van der Waals surface area contributed by atoms with E-state index in [-0.39, 0.29) is 24.7 Å². The maximum atomic E-state index is 11.0. The summed E-state index contributed by atoms with van der Waals surface area (Å²) in [7, 11) is 1.41. The van der Waals surface area contributed by atoms with E-state index in [1.165, 1.54) is 7.11 Å². The SMILES string of the molecule is COCc1oc(CO)cc(=O)c1O. The van der Waals surface area contributed by atoms with Gasteiger partial charge in [0.15, 0.2) is 5.76 Å². The molecular formula is C8H10O5. The number of hydrogen-bond donors (Lipinski definition) is 2. The fraction of sp³-hybridized carbons (Fsp3) is 0.375. The van der Waals surface area contributed by atoms with Gasteiger partial charge in [0.1, 0.15) is 19.0 Å². The van der Waals surface area contributed by atoms with Crippen LogP contribution in [0.3, 0.4) is 0 Å². The van der Waals surface area contributed by atoms with Crippen molar-refractivity contribution in [2.75, 3.05) is 7.11 Å². The van der Waals surface area contributed by atoms with E-state index in [9.17, 15) is 9.90 Å². The second-order valence-electron chi connectivity index (χ2n) is 2.44. The molecule has 0 aliphatic rings. The number of aliphatic hydroxyl groups excluding tert-OH is 1. The molecule has 0 radical (unpaired) electrons. The molecule has 0 amide bonds. The number of hydrogen-bond acceptors (Lipinski definition) is 5. The van der Waals surface area contributed by atoms with E-state index >= 15 is 0 Å². The molecule has 1 aromatic heterocycles. The fourth-order valence-electron chi connectivity index (χ4n) is 0.895. The Balaban J connectivity index is 3.17. The predicted octanol–water partition coefficient (Wildman–Crippen LogP) is -0.0159. The molecule has 1 aromatic rings. The third-order valence-electron chi connectivity index (χ3n) is 1.48. The van der Waals surface area contributed by atoms with Gasteiger partial charge in [-0.25, -0.2) is 0 Å². The lowest BCUT2D eigenvalue weighted by molar-refractivity contribution is 0.148. The van der Waals surface area contributed by atoms with Crippen LogP contribution in [0, 0.1) is 0 Å². The van der Waals surface area contributed by atoms with Crippen LogP contribution >= 0.6 is 0 Å². The number of methoxy groups -OCH3 is 1. The van der Waals surface area contributed by atoms with Crippen LogP contribution < -0.4 is 5.43 Å². The average molecular weight is 186 g/mol. The van der Waals surface area contributed by atoms with Crippen LogP contribution in [0.5, 0.6) is 5.75 Å². The summed E-state index contributed by atoms with van der Waals surface area (Å²) in [5.41, 5.74) is -0.581. The first-order chi connectivity index (χ1) is 6.19. The number of rotatable bonds is 3. The zero-order valence-electron chi connectivity index (χ0n) is 7.11. The molecule has 1 rings (SSSR count). The lowest BCUT2D eigenvalue weighted by Crippen LogP contribution is -2.05. The van der Waals surface area contributed by atoms with Gasteiger partial charge >= 0.3 is 0 Å². The normalized spacial score (nSPS) is 10.3. The Morgan fingerprint density at radius 1 is 1.62 bits per heavy atom. The molecule has 0 aliphatic heterocycles. The molecule has 0 fully saturated rings. The highest BCUT2D eigenvalue weighted by Crippen LogP contribution is 2.14. The van der Waals surface area contributed by atoms with Crippen molar-refractivity contribution >= 4 is 0 Å². The van der Waals surface area contributed by atoms with E-state index in [0.29, 0.717) is 0 Å². The predicted molar refractivity (Wildman–Crippen MR) is 43.3 cm³/mol. The molecule has 0 spiro atoms. The third-order valence-corrected chi connectivity index (χ3v) is 1.48. The molecule has 0 unspecified atom stereocenters. The second-order valence-corrected chi connectivity index (χ2v) is 2.44. The summed E-state index contributed by atoms with van der Waals surface area (Å²) in [6.45, 7) is -0.388. The molecule has 72 valence electrons. The van der Waals surface area contributed by atoms with Crippen LogP contribution in [0.1, 0.15) is 11.5 Å². The Bertz CT molecular complexity index is 341. The third kappa shape index (κ3) is 2.07. The molecule has 0 bridgehead atoms. The van der Waals surface area contributed by atoms with Crippen LogP contribution in [-0.2, 0) is 18.0 Å². The van der Waals surface area contributed by atoms with Gasteiger partial charge in [-0.05, 0) is 0 Å². The number of aliphatic hydroxyl groups is 1. The number of ether oxygens (including phenoxy) is 1. The van der Waals surface area contributed by atoms with Crippen molar-refractivity contribution in [1.29, 1.82) is 0 Å². The Morgan fingerprint density at radius 2 is 2.31 bits per heavy atom. The van der Waals surface area contributed by atoms with Gasteiger partial charge in [-0.15, -0.1) is 0 Å². The first kappa shape index (κ1) is 9.76. The zero-order valence-corrected chi connectivity index (χ0v) is 7.11. The molecule has 1 heterocycles. The highest BCUT2D eigenvalue weighted by molar-refractivity contribution is 5.24. The highest BCUT2D eigenvalue weighted by atomic mass is 16.5. The number of aromatic hydroxyl groups is 1. The summed E-state index contributed by atoms with van der Waals surface area (Å²) in [6, 6.07) is 1.04. The van der Waals surface area contributed by atoms with Crippen LogP contribution in [0.25, 0.3) is 0 Å². The van der Waals surface area contributed by atoms with Crippen LogP contribution in [0.2, 0.25) is 0 Å². The lowest BCUT2D eigenvalue weighted by Gasteiger charge is -2.03. The Kier molecular flexibility index (Phi) is 3.05.